The van der Waals surface area contributed by atoms with Crippen LogP contribution < -0.4 is 14.4 Å². The maximum Gasteiger partial charge on any atom is 0.292 e. The summed E-state index contributed by atoms with van der Waals surface area (Å²) in [5, 5.41) is 15.3. The number of para-hydroxylation sites is 2. The van der Waals surface area contributed by atoms with Gasteiger partial charge in [0.1, 0.15) is 18.1 Å². The number of aromatic nitrogens is 1. The van der Waals surface area contributed by atoms with E-state index in [1.807, 2.05) is 24.8 Å². The molecular formula is C26H28N4O6. The molecule has 1 aromatic heterocycles. The van der Waals surface area contributed by atoms with Crippen LogP contribution in [0.4, 0.5) is 11.4 Å². The first kappa shape index (κ1) is 24.8. The number of rotatable bonds is 8. The zero-order valence-electron chi connectivity index (χ0n) is 20.5. The molecule has 1 aliphatic heterocycles. The highest BCUT2D eigenvalue weighted by molar-refractivity contribution is 5.92. The topological polar surface area (TPSA) is 111 Å². The van der Waals surface area contributed by atoms with E-state index in [-0.39, 0.29) is 16.5 Å². The fraction of sp³-hybridized carbons (Fsp3) is 0.308. The first-order valence-electron chi connectivity index (χ1n) is 11.6. The van der Waals surface area contributed by atoms with Crippen molar-refractivity contribution in [2.45, 2.75) is 20.5 Å². The van der Waals surface area contributed by atoms with Crippen molar-refractivity contribution in [3.05, 3.63) is 81.2 Å². The molecule has 0 N–H and O–H groups in total. The van der Waals surface area contributed by atoms with Crippen molar-refractivity contribution in [1.82, 2.24) is 10.1 Å². The highest BCUT2D eigenvalue weighted by atomic mass is 16.6. The summed E-state index contributed by atoms with van der Waals surface area (Å²) in [6.45, 7) is 6.02. The molecule has 1 amide bonds. The van der Waals surface area contributed by atoms with Gasteiger partial charge < -0.3 is 23.8 Å². The van der Waals surface area contributed by atoms with E-state index in [1.54, 1.807) is 48.4 Å². The van der Waals surface area contributed by atoms with Gasteiger partial charge in [-0.25, -0.2) is 0 Å². The van der Waals surface area contributed by atoms with E-state index < -0.39 is 0 Å². The van der Waals surface area contributed by atoms with Crippen molar-refractivity contribution < 1.29 is 23.7 Å². The number of methoxy groups -OCH3 is 1. The van der Waals surface area contributed by atoms with Gasteiger partial charge in [-0.2, -0.15) is 0 Å². The van der Waals surface area contributed by atoms with Crippen LogP contribution in [0.5, 0.6) is 11.5 Å². The molecule has 10 heteroatoms. The highest BCUT2D eigenvalue weighted by Crippen LogP contribution is 2.30. The third-order valence-corrected chi connectivity index (χ3v) is 6.17. The number of nitro groups is 1. The number of hydrogen-bond acceptors (Lipinski definition) is 8. The number of ether oxygens (including phenoxy) is 2. The molecule has 1 aliphatic rings. The summed E-state index contributed by atoms with van der Waals surface area (Å²) in [4.78, 5) is 27.4. The number of nitrogens with zero attached hydrogens (tertiary/aromatic N) is 4. The van der Waals surface area contributed by atoms with Gasteiger partial charge in [-0.3, -0.25) is 14.9 Å². The van der Waals surface area contributed by atoms with Crippen LogP contribution in [-0.2, 0) is 11.4 Å². The predicted molar refractivity (Wildman–Crippen MR) is 134 cm³/mol. The van der Waals surface area contributed by atoms with Crippen LogP contribution in [0, 0.1) is 24.0 Å². The Bertz CT molecular complexity index is 1260. The van der Waals surface area contributed by atoms with E-state index in [0.717, 1.165) is 16.8 Å². The lowest BCUT2D eigenvalue weighted by Crippen LogP contribution is -2.48. The minimum absolute atomic E-state index is 0.0743. The van der Waals surface area contributed by atoms with Crippen LogP contribution in [0.2, 0.25) is 0 Å². The Labute approximate surface area is 208 Å². The van der Waals surface area contributed by atoms with E-state index >= 15 is 0 Å². The van der Waals surface area contributed by atoms with Gasteiger partial charge in [0, 0.05) is 38.3 Å². The average Bonchev–Trinajstić information content (AvgIpc) is 3.22. The molecule has 0 bridgehead atoms. The van der Waals surface area contributed by atoms with E-state index in [2.05, 4.69) is 5.16 Å². The van der Waals surface area contributed by atoms with Crippen LogP contribution in [0.1, 0.15) is 22.6 Å². The minimum Gasteiger partial charge on any atom is -0.493 e. The molecule has 3 aromatic rings. The number of carbonyl (C=O) groups is 1. The molecule has 4 rings (SSSR count). The van der Waals surface area contributed by atoms with E-state index in [0.29, 0.717) is 55.7 Å². The number of amides is 1. The SMILES string of the molecule is COc1cc(/C=C/C(=O)N2CCN(c3ccccc3[N+](=O)[O-])CC2)ccc1OCc1c(C)noc1C. The summed E-state index contributed by atoms with van der Waals surface area (Å²) >= 11 is 0. The van der Waals surface area contributed by atoms with Crippen LogP contribution in [-0.4, -0.2) is 54.2 Å². The Kier molecular flexibility index (Phi) is 7.53. The first-order chi connectivity index (χ1) is 17.4. The van der Waals surface area contributed by atoms with Gasteiger partial charge in [0.05, 0.1) is 23.3 Å². The highest BCUT2D eigenvalue weighted by Gasteiger charge is 2.24. The molecule has 188 valence electrons. The molecule has 0 aliphatic carbocycles. The van der Waals surface area contributed by atoms with Crippen LogP contribution in [0.25, 0.3) is 6.08 Å². The third-order valence-electron chi connectivity index (χ3n) is 6.17. The molecule has 1 fully saturated rings. The normalized spacial score (nSPS) is 13.8. The second-order valence-corrected chi connectivity index (χ2v) is 8.39. The van der Waals surface area contributed by atoms with Gasteiger partial charge >= 0.3 is 0 Å². The summed E-state index contributed by atoms with van der Waals surface area (Å²) in [6, 6.07) is 12.1. The number of nitro benzene ring substituents is 1. The molecule has 0 radical (unpaired) electrons. The lowest BCUT2D eigenvalue weighted by atomic mass is 10.1. The van der Waals surface area contributed by atoms with Crippen molar-refractivity contribution in [3.8, 4) is 11.5 Å². The molecule has 36 heavy (non-hydrogen) atoms. The molecular weight excluding hydrogens is 464 g/mol. The molecule has 2 heterocycles. The molecule has 0 unspecified atom stereocenters. The van der Waals surface area contributed by atoms with Gasteiger partial charge in [-0.1, -0.05) is 23.4 Å². The second kappa shape index (κ2) is 10.9. The Balaban J connectivity index is 1.35. The number of benzene rings is 2. The maximum absolute atomic E-state index is 12.8. The fourth-order valence-corrected chi connectivity index (χ4v) is 4.09. The molecule has 0 atom stereocenters. The summed E-state index contributed by atoms with van der Waals surface area (Å²) in [6.07, 6.45) is 3.26. The van der Waals surface area contributed by atoms with Crippen LogP contribution in [0.15, 0.2) is 53.1 Å². The zero-order valence-corrected chi connectivity index (χ0v) is 20.5. The molecule has 1 saturated heterocycles. The Morgan fingerprint density at radius 1 is 1.14 bits per heavy atom. The first-order valence-corrected chi connectivity index (χ1v) is 11.6. The summed E-state index contributed by atoms with van der Waals surface area (Å²) < 4.78 is 16.6. The van der Waals surface area contributed by atoms with Gasteiger partial charge in [0.2, 0.25) is 5.91 Å². The van der Waals surface area contributed by atoms with Gasteiger partial charge in [-0.15, -0.1) is 0 Å². The second-order valence-electron chi connectivity index (χ2n) is 8.39. The fourth-order valence-electron chi connectivity index (χ4n) is 4.09. The Morgan fingerprint density at radius 2 is 1.89 bits per heavy atom. The molecule has 10 nitrogen and oxygen atoms in total. The quantitative estimate of drug-likeness (QED) is 0.262. The number of piperazine rings is 1. The van der Waals surface area contributed by atoms with Crippen molar-refractivity contribution in [3.63, 3.8) is 0 Å². The lowest BCUT2D eigenvalue weighted by molar-refractivity contribution is -0.384. The monoisotopic (exact) mass is 492 g/mol. The summed E-state index contributed by atoms with van der Waals surface area (Å²) in [5.41, 5.74) is 3.13. The lowest BCUT2D eigenvalue weighted by Gasteiger charge is -2.35. The summed E-state index contributed by atoms with van der Waals surface area (Å²) in [5.74, 6) is 1.73. The van der Waals surface area contributed by atoms with Gasteiger partial charge in [-0.05, 0) is 43.7 Å². The van der Waals surface area contributed by atoms with E-state index in [4.69, 9.17) is 14.0 Å². The molecule has 0 saturated carbocycles. The zero-order chi connectivity index (χ0) is 25.7. The van der Waals surface area contributed by atoms with Crippen LogP contribution in [0.3, 0.4) is 0 Å². The Morgan fingerprint density at radius 3 is 2.56 bits per heavy atom. The van der Waals surface area contributed by atoms with Crippen molar-refractivity contribution in [2.75, 3.05) is 38.2 Å². The van der Waals surface area contributed by atoms with Crippen molar-refractivity contribution in [2.24, 2.45) is 0 Å². The van der Waals surface area contributed by atoms with E-state index in [9.17, 15) is 14.9 Å². The van der Waals surface area contributed by atoms with Crippen LogP contribution >= 0.6 is 0 Å². The van der Waals surface area contributed by atoms with E-state index in [1.165, 1.54) is 12.1 Å². The Hall–Kier alpha value is -4.34. The smallest absolute Gasteiger partial charge is 0.292 e. The standard InChI is InChI=1S/C26H28N4O6/c1-18-21(19(2)36-27-18)17-35-24-10-8-20(16-25(24)34-3)9-11-26(31)29-14-12-28(13-15-29)22-6-4-5-7-23(22)30(32)33/h4-11,16H,12-15,17H2,1-3H3/b11-9+. The molecule has 2 aromatic carbocycles. The number of hydrogen-bond donors (Lipinski definition) is 0. The average molecular weight is 493 g/mol. The number of anilines is 1. The number of carbonyl (C=O) groups excluding carboxylic acids is 1. The largest absolute Gasteiger partial charge is 0.493 e. The predicted octanol–water partition coefficient (Wildman–Crippen LogP) is 4.15. The van der Waals surface area contributed by atoms with Gasteiger partial charge in [0.25, 0.3) is 5.69 Å². The van der Waals surface area contributed by atoms with Crippen molar-refractivity contribution in [1.29, 1.82) is 0 Å². The third kappa shape index (κ3) is 5.48. The maximum atomic E-state index is 12.8. The minimum atomic E-state index is -0.378. The van der Waals surface area contributed by atoms with Crippen molar-refractivity contribution >= 4 is 23.4 Å². The summed E-state index contributed by atoms with van der Waals surface area (Å²) in [7, 11) is 1.56. The molecule has 0 spiro atoms. The number of aryl methyl sites for hydroxylation is 2. The van der Waals surface area contributed by atoms with Gasteiger partial charge in [0.15, 0.2) is 11.5 Å².